The van der Waals surface area contributed by atoms with E-state index < -0.39 is 0 Å². The van der Waals surface area contributed by atoms with Gasteiger partial charge >= 0.3 is 5.97 Å². The van der Waals surface area contributed by atoms with Crippen molar-refractivity contribution >= 4 is 29.0 Å². The Morgan fingerprint density at radius 3 is 2.96 bits per heavy atom. The first-order valence-corrected chi connectivity index (χ1v) is 9.48. The highest BCUT2D eigenvalue weighted by Crippen LogP contribution is 2.37. The van der Waals surface area contributed by atoms with Crippen LogP contribution in [-0.2, 0) is 4.74 Å². The van der Waals surface area contributed by atoms with Crippen LogP contribution in [0.2, 0.25) is 0 Å². The fraction of sp³-hybridized carbons (Fsp3) is 0.579. The van der Waals surface area contributed by atoms with Crippen LogP contribution in [0.4, 0.5) is 5.69 Å². The Bertz CT molecular complexity index is 637. The van der Waals surface area contributed by atoms with E-state index in [9.17, 15) is 4.79 Å². The Morgan fingerprint density at radius 1 is 1.44 bits per heavy atom. The molecule has 3 heterocycles. The third kappa shape index (κ3) is 4.30. The maximum atomic E-state index is 11.6. The van der Waals surface area contributed by atoms with E-state index in [1.54, 1.807) is 12.1 Å². The van der Waals surface area contributed by atoms with Gasteiger partial charge in [0.1, 0.15) is 0 Å². The lowest BCUT2D eigenvalue weighted by atomic mass is 9.74. The number of carbonyl (C=O) groups is 1. The molecule has 2 N–H and O–H groups in total. The zero-order chi connectivity index (χ0) is 17.8. The molecule has 3 fully saturated rings. The number of nitrogens with zero attached hydrogens (tertiary/aromatic N) is 1. The monoisotopic (exact) mass is 361 g/mol. The summed E-state index contributed by atoms with van der Waals surface area (Å²) in [5.41, 5.74) is 1.30. The molecule has 3 saturated heterocycles. The summed E-state index contributed by atoms with van der Waals surface area (Å²) in [4.78, 5) is 14.2. The van der Waals surface area contributed by atoms with Gasteiger partial charge in [-0.1, -0.05) is 19.4 Å². The SMILES string of the molecule is CC[C@H]1CN2CC[C@H]1C[C@@H]2CNC(=S)Nc1cccc(C(=O)OC)c1. The number of hydrogen-bond donors (Lipinski definition) is 2. The number of ether oxygens (including phenoxy) is 1. The van der Waals surface area contributed by atoms with Gasteiger partial charge in [0, 0.05) is 24.8 Å². The van der Waals surface area contributed by atoms with Crippen molar-refractivity contribution in [1.29, 1.82) is 0 Å². The number of carbonyl (C=O) groups excluding carboxylic acids is 1. The number of rotatable bonds is 5. The maximum absolute atomic E-state index is 11.6. The number of esters is 1. The Kier molecular flexibility index (Phi) is 5.91. The highest BCUT2D eigenvalue weighted by molar-refractivity contribution is 7.80. The van der Waals surface area contributed by atoms with Gasteiger partial charge in [-0.05, 0) is 61.6 Å². The lowest BCUT2D eigenvalue weighted by molar-refractivity contribution is 0.00212. The van der Waals surface area contributed by atoms with Crippen LogP contribution in [0.5, 0.6) is 0 Å². The molecule has 0 radical (unpaired) electrons. The normalized spacial score (nSPS) is 27.6. The van der Waals surface area contributed by atoms with Crippen LogP contribution in [0, 0.1) is 11.8 Å². The molecule has 0 spiro atoms. The van der Waals surface area contributed by atoms with Crippen molar-refractivity contribution in [1.82, 2.24) is 10.2 Å². The van der Waals surface area contributed by atoms with Crippen molar-refractivity contribution in [2.24, 2.45) is 11.8 Å². The van der Waals surface area contributed by atoms with Crippen LogP contribution < -0.4 is 10.6 Å². The maximum Gasteiger partial charge on any atom is 0.337 e. The summed E-state index contributed by atoms with van der Waals surface area (Å²) < 4.78 is 4.75. The van der Waals surface area contributed by atoms with Crippen molar-refractivity contribution in [3.8, 4) is 0 Å². The Labute approximate surface area is 155 Å². The van der Waals surface area contributed by atoms with E-state index in [0.717, 1.165) is 24.1 Å². The first-order chi connectivity index (χ1) is 12.1. The molecule has 4 rings (SSSR count). The predicted molar refractivity (Wildman–Crippen MR) is 104 cm³/mol. The molecule has 25 heavy (non-hydrogen) atoms. The molecule has 6 heteroatoms. The predicted octanol–water partition coefficient (Wildman–Crippen LogP) is 2.88. The lowest BCUT2D eigenvalue weighted by Gasteiger charge is -2.50. The Hall–Kier alpha value is -1.66. The molecule has 0 aliphatic carbocycles. The fourth-order valence-corrected chi connectivity index (χ4v) is 4.35. The van der Waals surface area contributed by atoms with Gasteiger partial charge in [0.15, 0.2) is 5.11 Å². The number of nitrogens with one attached hydrogen (secondary N) is 2. The fourth-order valence-electron chi connectivity index (χ4n) is 4.15. The summed E-state index contributed by atoms with van der Waals surface area (Å²) in [7, 11) is 1.38. The van der Waals surface area contributed by atoms with Crippen LogP contribution in [0.15, 0.2) is 24.3 Å². The third-order valence-electron chi connectivity index (χ3n) is 5.58. The van der Waals surface area contributed by atoms with Crippen LogP contribution in [0.3, 0.4) is 0 Å². The topological polar surface area (TPSA) is 53.6 Å². The molecule has 0 saturated carbocycles. The molecule has 0 amide bonds. The van der Waals surface area contributed by atoms with Crippen molar-refractivity contribution in [3.05, 3.63) is 29.8 Å². The summed E-state index contributed by atoms with van der Waals surface area (Å²) in [6, 6.07) is 7.75. The Balaban J connectivity index is 1.50. The molecule has 1 aromatic carbocycles. The van der Waals surface area contributed by atoms with E-state index in [4.69, 9.17) is 17.0 Å². The molecule has 3 aliphatic rings. The van der Waals surface area contributed by atoms with Gasteiger partial charge in [0.05, 0.1) is 12.7 Å². The van der Waals surface area contributed by atoms with Gasteiger partial charge in [-0.15, -0.1) is 0 Å². The van der Waals surface area contributed by atoms with E-state index in [2.05, 4.69) is 22.5 Å². The van der Waals surface area contributed by atoms with Crippen molar-refractivity contribution in [2.45, 2.75) is 32.2 Å². The van der Waals surface area contributed by atoms with E-state index in [-0.39, 0.29) is 5.97 Å². The average Bonchev–Trinajstić information content (AvgIpc) is 2.66. The standard InChI is InChI=1S/C19H27N3O2S/c1-3-13-12-22-8-7-14(13)10-17(22)11-20-19(25)21-16-6-4-5-15(9-16)18(23)24-2/h4-6,9,13-14,17H,3,7-8,10-12H2,1-2H3,(H2,20,21,25)/t13-,14-,17+/m0/s1. The number of benzene rings is 1. The molecule has 2 bridgehead atoms. The highest BCUT2D eigenvalue weighted by atomic mass is 32.1. The summed E-state index contributed by atoms with van der Waals surface area (Å²) in [5.74, 6) is 1.40. The van der Waals surface area contributed by atoms with Gasteiger partial charge in [-0.25, -0.2) is 4.79 Å². The number of hydrogen-bond acceptors (Lipinski definition) is 4. The number of fused-ring (bicyclic) bond motifs is 3. The van der Waals surface area contributed by atoms with Gasteiger partial charge in [-0.2, -0.15) is 0 Å². The van der Waals surface area contributed by atoms with Crippen LogP contribution in [-0.4, -0.2) is 48.8 Å². The summed E-state index contributed by atoms with van der Waals surface area (Å²) >= 11 is 5.42. The lowest BCUT2D eigenvalue weighted by Crippen LogP contribution is -2.56. The number of anilines is 1. The quantitative estimate of drug-likeness (QED) is 0.621. The largest absolute Gasteiger partial charge is 0.465 e. The van der Waals surface area contributed by atoms with E-state index in [1.165, 1.54) is 39.5 Å². The third-order valence-corrected chi connectivity index (χ3v) is 5.82. The average molecular weight is 362 g/mol. The number of methoxy groups -OCH3 is 1. The molecule has 1 unspecified atom stereocenters. The molecule has 3 aliphatic heterocycles. The van der Waals surface area contributed by atoms with Gasteiger partial charge < -0.3 is 15.4 Å². The summed E-state index contributed by atoms with van der Waals surface area (Å²) in [6.45, 7) is 5.63. The molecule has 5 nitrogen and oxygen atoms in total. The molecule has 4 atom stereocenters. The second kappa shape index (κ2) is 8.15. The smallest absolute Gasteiger partial charge is 0.337 e. The first kappa shape index (κ1) is 18.1. The molecular weight excluding hydrogens is 334 g/mol. The van der Waals surface area contributed by atoms with Crippen LogP contribution >= 0.6 is 12.2 Å². The Morgan fingerprint density at radius 2 is 2.28 bits per heavy atom. The van der Waals surface area contributed by atoms with E-state index in [0.29, 0.717) is 16.7 Å². The molecule has 0 aromatic heterocycles. The van der Waals surface area contributed by atoms with Gasteiger partial charge in [-0.3, -0.25) is 4.90 Å². The van der Waals surface area contributed by atoms with E-state index >= 15 is 0 Å². The minimum Gasteiger partial charge on any atom is -0.465 e. The van der Waals surface area contributed by atoms with Crippen molar-refractivity contribution in [3.63, 3.8) is 0 Å². The second-order valence-electron chi connectivity index (χ2n) is 7.01. The van der Waals surface area contributed by atoms with Crippen molar-refractivity contribution < 1.29 is 9.53 Å². The molecule has 136 valence electrons. The first-order valence-electron chi connectivity index (χ1n) is 9.08. The molecule has 1 aromatic rings. The van der Waals surface area contributed by atoms with Crippen molar-refractivity contribution in [2.75, 3.05) is 32.1 Å². The summed E-state index contributed by atoms with van der Waals surface area (Å²) in [6.07, 6.45) is 3.90. The highest BCUT2D eigenvalue weighted by Gasteiger charge is 2.38. The second-order valence-corrected chi connectivity index (χ2v) is 7.42. The zero-order valence-corrected chi connectivity index (χ0v) is 15.8. The minimum absolute atomic E-state index is 0.348. The van der Waals surface area contributed by atoms with Crippen LogP contribution in [0.1, 0.15) is 36.5 Å². The summed E-state index contributed by atoms with van der Waals surface area (Å²) in [5, 5.41) is 7.10. The number of thiocarbonyl (C=S) groups is 1. The van der Waals surface area contributed by atoms with Gasteiger partial charge in [0.25, 0.3) is 0 Å². The number of piperidine rings is 3. The van der Waals surface area contributed by atoms with E-state index in [1.807, 2.05) is 12.1 Å². The minimum atomic E-state index is -0.348. The van der Waals surface area contributed by atoms with Crippen LogP contribution in [0.25, 0.3) is 0 Å². The molecular formula is C19H27N3O2S. The zero-order valence-electron chi connectivity index (χ0n) is 15.0. The van der Waals surface area contributed by atoms with Gasteiger partial charge in [0.2, 0.25) is 0 Å².